The first-order valence-electron chi connectivity index (χ1n) is 20.0. The number of allylic oxidation sites excluding steroid dienone is 1. The van der Waals surface area contributed by atoms with Gasteiger partial charge >= 0.3 is 0 Å². The molecule has 0 fully saturated rings. The summed E-state index contributed by atoms with van der Waals surface area (Å²) < 4.78 is 0. The topological polar surface area (TPSA) is 6.48 Å². The smallest absolute Gasteiger partial charge is 0.0462 e. The highest BCUT2D eigenvalue weighted by Crippen LogP contribution is 2.38. The largest absolute Gasteiger partial charge is 0.311 e. The summed E-state index contributed by atoms with van der Waals surface area (Å²) in [6.45, 7) is 8.43. The van der Waals surface area contributed by atoms with Gasteiger partial charge in [0.2, 0.25) is 0 Å². The van der Waals surface area contributed by atoms with Gasteiger partial charge in [-0.3, -0.25) is 0 Å². The van der Waals surface area contributed by atoms with Crippen molar-refractivity contribution in [3.8, 4) is 22.3 Å². The maximum absolute atomic E-state index is 2.32. The van der Waals surface area contributed by atoms with Gasteiger partial charge in [-0.1, -0.05) is 162 Å². The number of rotatable bonds is 11. The molecule has 0 unspecified atom stereocenters. The highest BCUT2D eigenvalue weighted by atomic mass is 15.1. The lowest BCUT2D eigenvalue weighted by Crippen LogP contribution is -2.10. The van der Waals surface area contributed by atoms with Crippen LogP contribution in [0, 0.1) is 20.8 Å². The van der Waals surface area contributed by atoms with Crippen molar-refractivity contribution in [2.24, 2.45) is 0 Å². The Kier molecular flexibility index (Phi) is 11.3. The molecule has 0 saturated heterocycles. The van der Waals surface area contributed by atoms with Gasteiger partial charge in [-0.15, -0.1) is 0 Å². The minimum atomic E-state index is 1.10. The second kappa shape index (κ2) is 17.3. The molecule has 0 aliphatic heterocycles. The molecule has 2 heteroatoms. The molecule has 0 N–H and O–H groups in total. The minimum Gasteiger partial charge on any atom is -0.311 e. The van der Waals surface area contributed by atoms with E-state index in [9.17, 15) is 0 Å². The van der Waals surface area contributed by atoms with Gasteiger partial charge in [0.25, 0.3) is 0 Å². The number of hydrogen-bond acceptors (Lipinski definition) is 2. The molecule has 8 aromatic carbocycles. The second-order valence-electron chi connectivity index (χ2n) is 14.9. The highest BCUT2D eigenvalue weighted by Gasteiger charge is 2.15. The van der Waals surface area contributed by atoms with Crippen molar-refractivity contribution in [2.45, 2.75) is 27.7 Å². The van der Waals surface area contributed by atoms with Gasteiger partial charge in [0, 0.05) is 34.1 Å². The van der Waals surface area contributed by atoms with Crippen molar-refractivity contribution < 1.29 is 0 Å². The predicted octanol–water partition coefficient (Wildman–Crippen LogP) is 16.1. The van der Waals surface area contributed by atoms with Crippen LogP contribution in [0.25, 0.3) is 40.5 Å². The molecule has 0 bridgehead atoms. The lowest BCUT2D eigenvalue weighted by atomic mass is 10.0. The average molecular weight is 749 g/mol. The average Bonchev–Trinajstić information content (AvgIpc) is 3.27. The van der Waals surface area contributed by atoms with E-state index in [-0.39, 0.29) is 0 Å². The number of nitrogens with zero attached hydrogens (tertiary/aromatic N) is 2. The molecular formula is C56H48N2. The van der Waals surface area contributed by atoms with Crippen LogP contribution in [0.4, 0.5) is 34.1 Å². The van der Waals surface area contributed by atoms with E-state index < -0.39 is 0 Å². The monoisotopic (exact) mass is 748 g/mol. The van der Waals surface area contributed by atoms with Crippen LogP contribution in [0.15, 0.2) is 200 Å². The minimum absolute atomic E-state index is 1.10. The van der Waals surface area contributed by atoms with Crippen molar-refractivity contribution in [2.75, 3.05) is 9.80 Å². The first-order valence-corrected chi connectivity index (χ1v) is 20.0. The van der Waals surface area contributed by atoms with Gasteiger partial charge in [-0.25, -0.2) is 0 Å². The molecule has 8 aromatic rings. The summed E-state index contributed by atoms with van der Waals surface area (Å²) in [7, 11) is 0. The van der Waals surface area contributed by atoms with Crippen molar-refractivity contribution in [1.29, 1.82) is 0 Å². The van der Waals surface area contributed by atoms with Crippen molar-refractivity contribution in [1.82, 2.24) is 0 Å². The van der Waals surface area contributed by atoms with E-state index >= 15 is 0 Å². The molecule has 58 heavy (non-hydrogen) atoms. The third-order valence-corrected chi connectivity index (χ3v) is 10.6. The first-order chi connectivity index (χ1) is 28.4. The SMILES string of the molecule is CC=Cc1ccc(N(c2ccc(C)cc2)c2ccc(-c3ccc(N(c4ccc(C)cc4)c4ccc(C=Cc5ccc(-c6ccc(C)cc6)cc5)cc4)cc3)cc2)cc1. The van der Waals surface area contributed by atoms with Crippen LogP contribution >= 0.6 is 0 Å². The van der Waals surface area contributed by atoms with E-state index in [2.05, 4.69) is 249 Å². The Morgan fingerprint density at radius 1 is 0.259 bits per heavy atom. The summed E-state index contributed by atoms with van der Waals surface area (Å²) in [6, 6.07) is 70.3. The Morgan fingerprint density at radius 3 is 0.776 bits per heavy atom. The Bertz CT molecular complexity index is 2610. The lowest BCUT2D eigenvalue weighted by molar-refractivity contribution is 1.27. The molecule has 2 nitrogen and oxygen atoms in total. The molecule has 282 valence electrons. The van der Waals surface area contributed by atoms with Crippen molar-refractivity contribution >= 4 is 52.4 Å². The van der Waals surface area contributed by atoms with E-state index in [0.29, 0.717) is 0 Å². The molecular weight excluding hydrogens is 701 g/mol. The Hall–Kier alpha value is -7.16. The second-order valence-corrected chi connectivity index (χ2v) is 14.9. The molecule has 0 heterocycles. The van der Waals surface area contributed by atoms with Gasteiger partial charge < -0.3 is 9.80 Å². The van der Waals surface area contributed by atoms with Crippen molar-refractivity contribution in [3.05, 3.63) is 234 Å². The van der Waals surface area contributed by atoms with Gasteiger partial charge in [-0.2, -0.15) is 0 Å². The molecule has 0 radical (unpaired) electrons. The maximum atomic E-state index is 2.32. The zero-order valence-corrected chi connectivity index (χ0v) is 33.7. The lowest BCUT2D eigenvalue weighted by Gasteiger charge is -2.26. The van der Waals surface area contributed by atoms with Gasteiger partial charge in [0.05, 0.1) is 0 Å². The zero-order chi connectivity index (χ0) is 39.8. The number of hydrogen-bond donors (Lipinski definition) is 0. The van der Waals surface area contributed by atoms with Crippen LogP contribution in [0.2, 0.25) is 0 Å². The van der Waals surface area contributed by atoms with Crippen LogP contribution < -0.4 is 9.80 Å². The summed E-state index contributed by atoms with van der Waals surface area (Å²) in [5, 5.41) is 0. The fourth-order valence-corrected chi connectivity index (χ4v) is 7.27. The summed E-state index contributed by atoms with van der Waals surface area (Å²) in [5.74, 6) is 0. The third-order valence-electron chi connectivity index (χ3n) is 10.6. The van der Waals surface area contributed by atoms with Gasteiger partial charge in [-0.05, 0) is 139 Å². The summed E-state index contributed by atoms with van der Waals surface area (Å²) in [5.41, 5.74) is 18.8. The summed E-state index contributed by atoms with van der Waals surface area (Å²) in [6.07, 6.45) is 8.56. The number of anilines is 6. The number of aryl methyl sites for hydroxylation is 3. The molecule has 0 amide bonds. The Balaban J connectivity index is 1.02. The van der Waals surface area contributed by atoms with Crippen LogP contribution in [-0.2, 0) is 0 Å². The molecule has 0 atom stereocenters. The standard InChI is InChI=1S/C56H48N2/c1-5-6-44-17-33-53(34-18-44)57(51-29-9-42(3)10-30-51)55-37-25-49(26-38-55)50-27-39-56(40-28-50)58(52-31-11-43(4)12-32-52)54-35-19-46(20-36-54)14-13-45-15-23-48(24-16-45)47-21-7-41(2)8-22-47/h5-40H,1-4H3. The van der Waals surface area contributed by atoms with E-state index in [4.69, 9.17) is 0 Å². The maximum Gasteiger partial charge on any atom is 0.0462 e. The Labute approximate surface area is 344 Å². The highest BCUT2D eigenvalue weighted by molar-refractivity contribution is 5.82. The van der Waals surface area contributed by atoms with E-state index in [1.54, 1.807) is 0 Å². The first kappa shape index (κ1) is 37.7. The molecule has 0 saturated carbocycles. The van der Waals surface area contributed by atoms with Gasteiger partial charge in [0.15, 0.2) is 0 Å². The summed E-state index contributed by atoms with van der Waals surface area (Å²) >= 11 is 0. The Morgan fingerprint density at radius 2 is 0.466 bits per heavy atom. The fraction of sp³-hybridized carbons (Fsp3) is 0.0714. The fourth-order valence-electron chi connectivity index (χ4n) is 7.27. The van der Waals surface area contributed by atoms with E-state index in [1.165, 1.54) is 50.1 Å². The summed E-state index contributed by atoms with van der Waals surface area (Å²) in [4.78, 5) is 4.64. The van der Waals surface area contributed by atoms with Crippen LogP contribution in [0.5, 0.6) is 0 Å². The number of benzene rings is 8. The quantitative estimate of drug-likeness (QED) is 0.122. The van der Waals surface area contributed by atoms with Crippen molar-refractivity contribution in [3.63, 3.8) is 0 Å². The van der Waals surface area contributed by atoms with E-state index in [0.717, 1.165) is 39.7 Å². The van der Waals surface area contributed by atoms with Crippen LogP contribution in [0.3, 0.4) is 0 Å². The predicted molar refractivity (Wildman–Crippen MR) is 251 cm³/mol. The molecule has 0 spiro atoms. The molecule has 8 rings (SSSR count). The molecule has 0 aliphatic carbocycles. The molecule has 0 aliphatic rings. The molecule has 0 aromatic heterocycles. The zero-order valence-electron chi connectivity index (χ0n) is 33.7. The van der Waals surface area contributed by atoms with Crippen LogP contribution in [0.1, 0.15) is 40.3 Å². The third kappa shape index (κ3) is 8.78. The van der Waals surface area contributed by atoms with E-state index in [1.807, 2.05) is 6.92 Å². The van der Waals surface area contributed by atoms with Gasteiger partial charge in [0.1, 0.15) is 0 Å². The normalized spacial score (nSPS) is 11.3. The van der Waals surface area contributed by atoms with Crippen LogP contribution in [-0.4, -0.2) is 0 Å².